The van der Waals surface area contributed by atoms with Crippen LogP contribution in [0.25, 0.3) is 0 Å². The Labute approximate surface area is 176 Å². The number of amides is 1. The Morgan fingerprint density at radius 1 is 0.900 bits per heavy atom. The molecule has 0 heterocycles. The summed E-state index contributed by atoms with van der Waals surface area (Å²) in [7, 11) is 0. The zero-order valence-electron chi connectivity index (χ0n) is 16.9. The molecule has 0 saturated heterocycles. The molecule has 5 nitrogen and oxygen atoms in total. The molecule has 0 saturated carbocycles. The van der Waals surface area contributed by atoms with Crippen molar-refractivity contribution < 1.29 is 19.4 Å². The highest BCUT2D eigenvalue weighted by Gasteiger charge is 2.14. The molecule has 3 aromatic carbocycles. The summed E-state index contributed by atoms with van der Waals surface area (Å²) < 4.78 is 5.75. The number of ether oxygens (including phenoxy) is 1. The normalized spacial score (nSPS) is 10.4. The van der Waals surface area contributed by atoms with E-state index >= 15 is 0 Å². The second-order valence-corrected chi connectivity index (χ2v) is 7.03. The second kappa shape index (κ2) is 10.3. The minimum atomic E-state index is -0.375. The molecule has 0 aliphatic carbocycles. The number of aryl methyl sites for hydroxylation is 1. The first-order valence-electron chi connectivity index (χ1n) is 9.95. The van der Waals surface area contributed by atoms with E-state index in [0.717, 1.165) is 19.3 Å². The maximum atomic E-state index is 12.4. The summed E-state index contributed by atoms with van der Waals surface area (Å²) in [5.41, 5.74) is 2.13. The number of carbonyl (C=O) groups is 2. The van der Waals surface area contributed by atoms with Crippen molar-refractivity contribution in [1.82, 2.24) is 0 Å². The quantitative estimate of drug-likeness (QED) is 0.291. The van der Waals surface area contributed by atoms with Crippen molar-refractivity contribution in [3.63, 3.8) is 0 Å². The number of Topliss-reactive ketones (excluding diaryl/α,β-unsaturated/α-hetero) is 1. The number of carbonyl (C=O) groups excluding carboxylic acids is 2. The fourth-order valence-electron chi connectivity index (χ4n) is 3.09. The Balaban J connectivity index is 1.48. The maximum absolute atomic E-state index is 12.4. The van der Waals surface area contributed by atoms with Gasteiger partial charge in [-0.05, 0) is 68.1 Å². The van der Waals surface area contributed by atoms with Gasteiger partial charge in [-0.1, -0.05) is 36.4 Å². The molecule has 3 rings (SSSR count). The predicted molar refractivity (Wildman–Crippen MR) is 117 cm³/mol. The summed E-state index contributed by atoms with van der Waals surface area (Å²) in [5, 5.41) is 12.8. The maximum Gasteiger partial charge on any atom is 0.255 e. The van der Waals surface area contributed by atoms with Crippen LogP contribution in [0.2, 0.25) is 0 Å². The first kappa shape index (κ1) is 21.1. The number of unbranched alkanes of at least 4 members (excludes halogenated alkanes) is 1. The molecule has 0 unspecified atom stereocenters. The first-order chi connectivity index (χ1) is 14.5. The van der Waals surface area contributed by atoms with Gasteiger partial charge in [0.05, 0.1) is 17.9 Å². The number of phenolic OH excluding ortho intramolecular Hbond substituents is 1. The van der Waals surface area contributed by atoms with Gasteiger partial charge in [0, 0.05) is 5.56 Å². The minimum absolute atomic E-state index is 0.170. The van der Waals surface area contributed by atoms with E-state index in [9.17, 15) is 14.7 Å². The molecule has 0 fully saturated rings. The topological polar surface area (TPSA) is 75.6 Å². The molecule has 2 N–H and O–H groups in total. The third-order valence-corrected chi connectivity index (χ3v) is 4.75. The van der Waals surface area contributed by atoms with E-state index in [2.05, 4.69) is 17.4 Å². The molecule has 30 heavy (non-hydrogen) atoms. The molecular formula is C25H25NO4. The first-order valence-corrected chi connectivity index (χ1v) is 9.95. The molecular weight excluding hydrogens is 378 g/mol. The van der Waals surface area contributed by atoms with Crippen LogP contribution in [-0.4, -0.2) is 23.4 Å². The van der Waals surface area contributed by atoms with E-state index in [1.165, 1.54) is 18.6 Å². The number of hydrogen-bond acceptors (Lipinski definition) is 4. The third-order valence-electron chi connectivity index (χ3n) is 4.75. The standard InChI is InChI=1S/C25H25NO4/c1-18(27)22-11-7-12-23(24(22)28)26-25(29)20-13-15-21(16-14-20)30-17-6-5-10-19-8-3-2-4-9-19/h2-4,7-9,11-16,28H,5-6,10,17H2,1H3,(H,26,29). The van der Waals surface area contributed by atoms with Crippen molar-refractivity contribution in [2.45, 2.75) is 26.2 Å². The van der Waals surface area contributed by atoms with Crippen LogP contribution in [0.4, 0.5) is 5.69 Å². The lowest BCUT2D eigenvalue weighted by molar-refractivity contribution is 0.100. The highest BCUT2D eigenvalue weighted by molar-refractivity contribution is 6.07. The van der Waals surface area contributed by atoms with Crippen LogP contribution in [0.15, 0.2) is 72.8 Å². The predicted octanol–water partition coefficient (Wildman–Crippen LogP) is 5.25. The average molecular weight is 403 g/mol. The van der Waals surface area contributed by atoms with Crippen molar-refractivity contribution in [2.24, 2.45) is 0 Å². The lowest BCUT2D eigenvalue weighted by atomic mass is 10.1. The molecule has 1 amide bonds. The van der Waals surface area contributed by atoms with Crippen LogP contribution >= 0.6 is 0 Å². The summed E-state index contributed by atoms with van der Waals surface area (Å²) in [6.07, 6.45) is 3.03. The number of rotatable bonds is 9. The van der Waals surface area contributed by atoms with E-state index < -0.39 is 0 Å². The lowest BCUT2D eigenvalue weighted by Gasteiger charge is -2.10. The molecule has 3 aromatic rings. The van der Waals surface area contributed by atoms with Crippen molar-refractivity contribution in [3.8, 4) is 11.5 Å². The van der Waals surface area contributed by atoms with E-state index in [1.54, 1.807) is 36.4 Å². The summed E-state index contributed by atoms with van der Waals surface area (Å²) in [6, 6.07) is 21.9. The van der Waals surface area contributed by atoms with Crippen LogP contribution < -0.4 is 10.1 Å². The Morgan fingerprint density at radius 3 is 2.33 bits per heavy atom. The number of benzene rings is 3. The molecule has 0 aliphatic rings. The summed E-state index contributed by atoms with van der Waals surface area (Å²) >= 11 is 0. The van der Waals surface area contributed by atoms with Gasteiger partial charge in [0.15, 0.2) is 5.78 Å². The molecule has 154 valence electrons. The summed E-state index contributed by atoms with van der Waals surface area (Å²) in [6.45, 7) is 1.98. The summed E-state index contributed by atoms with van der Waals surface area (Å²) in [5.74, 6) is -0.171. The second-order valence-electron chi connectivity index (χ2n) is 7.03. The SMILES string of the molecule is CC(=O)c1cccc(NC(=O)c2ccc(OCCCCc3ccccc3)cc2)c1O. The van der Waals surface area contributed by atoms with Crippen molar-refractivity contribution in [3.05, 3.63) is 89.5 Å². The van der Waals surface area contributed by atoms with Gasteiger partial charge in [0.2, 0.25) is 0 Å². The van der Waals surface area contributed by atoms with Gasteiger partial charge in [-0.3, -0.25) is 9.59 Å². The van der Waals surface area contributed by atoms with Crippen molar-refractivity contribution in [2.75, 3.05) is 11.9 Å². The van der Waals surface area contributed by atoms with Crippen molar-refractivity contribution in [1.29, 1.82) is 0 Å². The monoisotopic (exact) mass is 403 g/mol. The lowest BCUT2D eigenvalue weighted by Crippen LogP contribution is -2.12. The van der Waals surface area contributed by atoms with Gasteiger partial charge in [0.25, 0.3) is 5.91 Å². The van der Waals surface area contributed by atoms with Crippen LogP contribution in [0.1, 0.15) is 46.0 Å². The Hall–Kier alpha value is -3.60. The number of nitrogens with one attached hydrogen (secondary N) is 1. The zero-order chi connectivity index (χ0) is 21.3. The molecule has 0 radical (unpaired) electrons. The molecule has 0 atom stereocenters. The smallest absolute Gasteiger partial charge is 0.255 e. The Bertz CT molecular complexity index is 997. The third kappa shape index (κ3) is 5.70. The van der Waals surface area contributed by atoms with Gasteiger partial charge >= 0.3 is 0 Å². The number of para-hydroxylation sites is 1. The molecule has 0 bridgehead atoms. The van der Waals surface area contributed by atoms with E-state index in [4.69, 9.17) is 4.74 Å². The van der Waals surface area contributed by atoms with Crippen molar-refractivity contribution >= 4 is 17.4 Å². The fourth-order valence-corrected chi connectivity index (χ4v) is 3.09. The number of hydrogen-bond donors (Lipinski definition) is 2. The van der Waals surface area contributed by atoms with Crippen LogP contribution in [0.5, 0.6) is 11.5 Å². The fraction of sp³-hybridized carbons (Fsp3) is 0.200. The van der Waals surface area contributed by atoms with Gasteiger partial charge in [0.1, 0.15) is 11.5 Å². The van der Waals surface area contributed by atoms with E-state index in [-0.39, 0.29) is 28.7 Å². The van der Waals surface area contributed by atoms with Crippen LogP contribution in [0, 0.1) is 0 Å². The van der Waals surface area contributed by atoms with Gasteiger partial charge < -0.3 is 15.2 Å². The molecule has 0 spiro atoms. The van der Waals surface area contributed by atoms with Gasteiger partial charge in [-0.15, -0.1) is 0 Å². The van der Waals surface area contributed by atoms with E-state index in [1.807, 2.05) is 18.2 Å². The molecule has 0 aliphatic heterocycles. The highest BCUT2D eigenvalue weighted by atomic mass is 16.5. The number of phenols is 1. The van der Waals surface area contributed by atoms with Gasteiger partial charge in [-0.25, -0.2) is 0 Å². The van der Waals surface area contributed by atoms with Crippen LogP contribution in [0.3, 0.4) is 0 Å². The average Bonchev–Trinajstić information content (AvgIpc) is 2.76. The van der Waals surface area contributed by atoms with Gasteiger partial charge in [-0.2, -0.15) is 0 Å². The molecule has 5 heteroatoms. The largest absolute Gasteiger partial charge is 0.505 e. The Kier molecular flexibility index (Phi) is 7.22. The zero-order valence-corrected chi connectivity index (χ0v) is 16.9. The molecule has 0 aromatic heterocycles. The Morgan fingerprint density at radius 2 is 1.63 bits per heavy atom. The van der Waals surface area contributed by atoms with E-state index in [0.29, 0.717) is 17.9 Å². The minimum Gasteiger partial charge on any atom is -0.505 e. The summed E-state index contributed by atoms with van der Waals surface area (Å²) in [4.78, 5) is 24.0. The number of ketones is 1. The number of aromatic hydroxyl groups is 1. The highest BCUT2D eigenvalue weighted by Crippen LogP contribution is 2.28. The number of anilines is 1. The van der Waals surface area contributed by atoms with Crippen LogP contribution in [-0.2, 0) is 6.42 Å².